The summed E-state index contributed by atoms with van der Waals surface area (Å²) in [5.41, 5.74) is -0.819. The van der Waals surface area contributed by atoms with E-state index in [1.807, 2.05) is 0 Å². The van der Waals surface area contributed by atoms with E-state index in [-0.39, 0.29) is 5.91 Å². The van der Waals surface area contributed by atoms with Gasteiger partial charge in [-0.3, -0.25) is 4.79 Å². The maximum absolute atomic E-state index is 11.7. The lowest BCUT2D eigenvalue weighted by Crippen LogP contribution is -2.39. The van der Waals surface area contributed by atoms with Crippen molar-refractivity contribution in [3.05, 3.63) is 0 Å². The van der Waals surface area contributed by atoms with E-state index in [1.54, 1.807) is 25.8 Å². The number of likely N-dealkylation sites (N-methyl/N-ethyl adjacent to an activating group) is 1. The van der Waals surface area contributed by atoms with Gasteiger partial charge in [0.15, 0.2) is 0 Å². The molecule has 0 radical (unpaired) electrons. The topological polar surface area (TPSA) is 52.6 Å². The molecule has 0 spiro atoms. The van der Waals surface area contributed by atoms with Gasteiger partial charge in [-0.2, -0.15) is 0 Å². The van der Waals surface area contributed by atoms with Gasteiger partial charge in [0.25, 0.3) is 0 Å². The number of rotatable bonds is 7. The van der Waals surface area contributed by atoms with Crippen LogP contribution in [0.25, 0.3) is 0 Å². The van der Waals surface area contributed by atoms with Crippen LogP contribution in [0.1, 0.15) is 40.5 Å². The maximum atomic E-state index is 11.7. The molecule has 96 valence electrons. The maximum Gasteiger partial charge on any atom is 0.222 e. The van der Waals surface area contributed by atoms with Gasteiger partial charge in [-0.05, 0) is 26.8 Å². The molecule has 0 fully saturated rings. The van der Waals surface area contributed by atoms with Crippen molar-refractivity contribution in [3.8, 4) is 0 Å². The zero-order valence-corrected chi connectivity index (χ0v) is 11.2. The average molecular weight is 230 g/mol. The van der Waals surface area contributed by atoms with Crippen molar-refractivity contribution in [2.75, 3.05) is 20.1 Å². The van der Waals surface area contributed by atoms with Gasteiger partial charge in [0.05, 0.1) is 5.60 Å². The standard InChI is InChI=1S/C12H26N2O2/c1-10(2)13-8-6-7-11(15)14(5)9-12(3,4)16/h10,13,16H,6-9H2,1-5H3. The van der Waals surface area contributed by atoms with Gasteiger partial charge in [0.1, 0.15) is 0 Å². The highest BCUT2D eigenvalue weighted by Crippen LogP contribution is 2.05. The Bertz CT molecular complexity index is 210. The third kappa shape index (κ3) is 8.68. The van der Waals surface area contributed by atoms with Crippen molar-refractivity contribution in [2.24, 2.45) is 0 Å². The second kappa shape index (κ2) is 6.86. The highest BCUT2D eigenvalue weighted by Gasteiger charge is 2.18. The van der Waals surface area contributed by atoms with Crippen molar-refractivity contribution in [3.63, 3.8) is 0 Å². The van der Waals surface area contributed by atoms with E-state index in [0.717, 1.165) is 13.0 Å². The Morgan fingerprint density at radius 3 is 2.44 bits per heavy atom. The summed E-state index contributed by atoms with van der Waals surface area (Å²) < 4.78 is 0. The van der Waals surface area contributed by atoms with Crippen LogP contribution in [0.2, 0.25) is 0 Å². The molecule has 0 aliphatic carbocycles. The van der Waals surface area contributed by atoms with Crippen LogP contribution in [0.5, 0.6) is 0 Å². The van der Waals surface area contributed by atoms with Crippen LogP contribution in [-0.2, 0) is 4.79 Å². The fraction of sp³-hybridized carbons (Fsp3) is 0.917. The predicted octanol–water partition coefficient (Wildman–Crippen LogP) is 0.994. The lowest BCUT2D eigenvalue weighted by Gasteiger charge is -2.25. The van der Waals surface area contributed by atoms with Crippen molar-refractivity contribution in [1.29, 1.82) is 0 Å². The molecule has 4 heteroatoms. The summed E-state index contributed by atoms with van der Waals surface area (Å²) in [5.74, 6) is 0.0904. The number of amides is 1. The number of hydrogen-bond acceptors (Lipinski definition) is 3. The first-order chi connectivity index (χ1) is 7.22. The molecule has 0 aliphatic rings. The number of nitrogens with zero attached hydrogens (tertiary/aromatic N) is 1. The lowest BCUT2D eigenvalue weighted by atomic mass is 10.1. The van der Waals surface area contributed by atoms with Crippen LogP contribution in [0.4, 0.5) is 0 Å². The van der Waals surface area contributed by atoms with Crippen LogP contribution in [-0.4, -0.2) is 47.7 Å². The molecule has 0 aromatic carbocycles. The van der Waals surface area contributed by atoms with E-state index in [2.05, 4.69) is 19.2 Å². The smallest absolute Gasteiger partial charge is 0.222 e. The van der Waals surface area contributed by atoms with Gasteiger partial charge in [-0.1, -0.05) is 13.8 Å². The van der Waals surface area contributed by atoms with E-state index < -0.39 is 5.60 Å². The molecule has 0 aromatic rings. The van der Waals surface area contributed by atoms with Crippen molar-refractivity contribution < 1.29 is 9.90 Å². The van der Waals surface area contributed by atoms with E-state index >= 15 is 0 Å². The predicted molar refractivity (Wildman–Crippen MR) is 66.3 cm³/mol. The third-order valence-electron chi connectivity index (χ3n) is 2.17. The SMILES string of the molecule is CC(C)NCCCC(=O)N(C)CC(C)(C)O. The monoisotopic (exact) mass is 230 g/mol. The minimum absolute atomic E-state index is 0.0904. The third-order valence-corrected chi connectivity index (χ3v) is 2.17. The Labute approximate surface area is 99.0 Å². The normalized spacial score (nSPS) is 11.9. The second-order valence-electron chi connectivity index (χ2n) is 5.27. The van der Waals surface area contributed by atoms with Crippen LogP contribution in [0.15, 0.2) is 0 Å². The number of nitrogens with one attached hydrogen (secondary N) is 1. The summed E-state index contributed by atoms with van der Waals surface area (Å²) in [4.78, 5) is 13.2. The van der Waals surface area contributed by atoms with E-state index in [4.69, 9.17) is 0 Å². The van der Waals surface area contributed by atoms with Crippen LogP contribution >= 0.6 is 0 Å². The van der Waals surface area contributed by atoms with Crippen LogP contribution in [0, 0.1) is 0 Å². The zero-order valence-electron chi connectivity index (χ0n) is 11.2. The Balaban J connectivity index is 3.72. The van der Waals surface area contributed by atoms with E-state index in [0.29, 0.717) is 19.0 Å². The molecule has 0 rings (SSSR count). The molecular weight excluding hydrogens is 204 g/mol. The summed E-state index contributed by atoms with van der Waals surface area (Å²) in [6, 6.07) is 0.462. The van der Waals surface area contributed by atoms with Crippen molar-refractivity contribution in [1.82, 2.24) is 10.2 Å². The van der Waals surface area contributed by atoms with Gasteiger partial charge in [-0.15, -0.1) is 0 Å². The average Bonchev–Trinajstić information content (AvgIpc) is 2.08. The van der Waals surface area contributed by atoms with Gasteiger partial charge < -0.3 is 15.3 Å². The molecule has 4 nitrogen and oxygen atoms in total. The first-order valence-electron chi connectivity index (χ1n) is 5.92. The fourth-order valence-electron chi connectivity index (χ4n) is 1.49. The Hall–Kier alpha value is -0.610. The molecule has 16 heavy (non-hydrogen) atoms. The van der Waals surface area contributed by atoms with Crippen molar-refractivity contribution >= 4 is 5.91 Å². The molecule has 0 heterocycles. The Morgan fingerprint density at radius 2 is 2.00 bits per heavy atom. The van der Waals surface area contributed by atoms with E-state index in [9.17, 15) is 9.90 Å². The Morgan fingerprint density at radius 1 is 1.44 bits per heavy atom. The molecule has 0 saturated heterocycles. The molecule has 0 atom stereocenters. The molecular formula is C12H26N2O2. The number of carbonyl (C=O) groups is 1. The molecule has 0 bridgehead atoms. The lowest BCUT2D eigenvalue weighted by molar-refractivity contribution is -0.132. The molecule has 0 unspecified atom stereocenters. The molecule has 1 amide bonds. The fourth-order valence-corrected chi connectivity index (χ4v) is 1.49. The molecule has 2 N–H and O–H groups in total. The van der Waals surface area contributed by atoms with E-state index in [1.165, 1.54) is 0 Å². The van der Waals surface area contributed by atoms with Crippen LogP contribution in [0.3, 0.4) is 0 Å². The largest absolute Gasteiger partial charge is 0.389 e. The van der Waals surface area contributed by atoms with Gasteiger partial charge >= 0.3 is 0 Å². The van der Waals surface area contributed by atoms with Crippen LogP contribution < -0.4 is 5.32 Å². The first kappa shape index (κ1) is 15.4. The summed E-state index contributed by atoms with van der Waals surface area (Å²) in [6.07, 6.45) is 1.37. The highest BCUT2D eigenvalue weighted by molar-refractivity contribution is 5.75. The van der Waals surface area contributed by atoms with Crippen molar-refractivity contribution in [2.45, 2.75) is 52.2 Å². The molecule has 0 saturated carbocycles. The summed E-state index contributed by atoms with van der Waals surface area (Å²) >= 11 is 0. The number of aliphatic hydroxyl groups is 1. The quantitative estimate of drug-likeness (QED) is 0.641. The van der Waals surface area contributed by atoms with Gasteiger partial charge in [0.2, 0.25) is 5.91 Å². The second-order valence-corrected chi connectivity index (χ2v) is 5.27. The van der Waals surface area contributed by atoms with Gasteiger partial charge in [0, 0.05) is 26.1 Å². The summed E-state index contributed by atoms with van der Waals surface area (Å²) in [5, 5.41) is 12.8. The minimum atomic E-state index is -0.819. The Kier molecular flexibility index (Phi) is 6.60. The summed E-state index contributed by atoms with van der Waals surface area (Å²) in [7, 11) is 1.73. The molecule has 0 aromatic heterocycles. The minimum Gasteiger partial charge on any atom is -0.389 e. The highest BCUT2D eigenvalue weighted by atomic mass is 16.3. The number of carbonyl (C=O) groups excluding carboxylic acids is 1. The molecule has 0 aliphatic heterocycles. The number of hydrogen-bond donors (Lipinski definition) is 2. The first-order valence-corrected chi connectivity index (χ1v) is 5.92. The summed E-state index contributed by atoms with van der Waals surface area (Å²) in [6.45, 7) is 8.82. The zero-order chi connectivity index (χ0) is 12.8. The van der Waals surface area contributed by atoms with Gasteiger partial charge in [-0.25, -0.2) is 0 Å².